The van der Waals surface area contributed by atoms with Crippen LogP contribution in [0.3, 0.4) is 0 Å². The van der Waals surface area contributed by atoms with Gasteiger partial charge in [0.05, 0.1) is 4.87 Å². The van der Waals surface area contributed by atoms with Crippen molar-refractivity contribution in [3.63, 3.8) is 0 Å². The van der Waals surface area contributed by atoms with Gasteiger partial charge in [0.2, 0.25) is 11.8 Å². The minimum atomic E-state index is -0.346. The molecule has 4 nitrogen and oxygen atoms in total. The Hall–Kier alpha value is -1.75. The molecular weight excluding hydrogens is 344 g/mol. The third-order valence-electron chi connectivity index (χ3n) is 5.14. The van der Waals surface area contributed by atoms with Crippen molar-refractivity contribution in [2.45, 2.75) is 38.5 Å². The van der Waals surface area contributed by atoms with Crippen LogP contribution in [0.25, 0.3) is 6.08 Å². The summed E-state index contributed by atoms with van der Waals surface area (Å²) in [6.45, 7) is 8.15. The molecule has 2 aliphatic rings. The van der Waals surface area contributed by atoms with Crippen molar-refractivity contribution < 1.29 is 9.59 Å². The van der Waals surface area contributed by atoms with Crippen LogP contribution in [-0.2, 0) is 9.59 Å². The lowest BCUT2D eigenvalue weighted by Gasteiger charge is -2.45. The van der Waals surface area contributed by atoms with Gasteiger partial charge >= 0.3 is 0 Å². The quantitative estimate of drug-likeness (QED) is 0.744. The van der Waals surface area contributed by atoms with Crippen molar-refractivity contribution in [1.82, 2.24) is 9.80 Å². The molecule has 0 unspecified atom stereocenters. The summed E-state index contributed by atoms with van der Waals surface area (Å²) in [6.07, 6.45) is 5.28. The van der Waals surface area contributed by atoms with Crippen molar-refractivity contribution in [2.75, 3.05) is 25.4 Å². The number of thioether (sulfide) groups is 1. The largest absolute Gasteiger partial charge is 0.342 e. The van der Waals surface area contributed by atoms with Crippen molar-refractivity contribution in [2.24, 2.45) is 5.41 Å². The first-order valence-electron chi connectivity index (χ1n) is 9.30. The molecule has 2 aliphatic heterocycles. The van der Waals surface area contributed by atoms with Gasteiger partial charge in [0.15, 0.2) is 0 Å². The topological polar surface area (TPSA) is 40.6 Å². The van der Waals surface area contributed by atoms with Crippen LogP contribution in [0.5, 0.6) is 0 Å². The minimum absolute atomic E-state index is 0.0782. The van der Waals surface area contributed by atoms with E-state index in [9.17, 15) is 9.59 Å². The van der Waals surface area contributed by atoms with Crippen molar-refractivity contribution >= 4 is 29.7 Å². The van der Waals surface area contributed by atoms with Gasteiger partial charge in [-0.2, -0.15) is 0 Å². The average Bonchev–Trinajstić information content (AvgIpc) is 3.03. The fourth-order valence-electron chi connectivity index (χ4n) is 3.69. The molecule has 2 amide bonds. The van der Waals surface area contributed by atoms with Crippen LogP contribution in [0.1, 0.15) is 39.2 Å². The highest BCUT2D eigenvalue weighted by molar-refractivity contribution is 8.00. The number of piperidine rings is 1. The lowest BCUT2D eigenvalue weighted by molar-refractivity contribution is -0.142. The number of nitrogens with zero attached hydrogens (tertiary/aromatic N) is 2. The summed E-state index contributed by atoms with van der Waals surface area (Å²) >= 11 is 1.88. The Morgan fingerprint density at radius 3 is 2.35 bits per heavy atom. The molecule has 1 spiro atoms. The van der Waals surface area contributed by atoms with E-state index < -0.39 is 0 Å². The number of rotatable bonds is 2. The summed E-state index contributed by atoms with van der Waals surface area (Å²) in [7, 11) is 0. The van der Waals surface area contributed by atoms with E-state index in [0.29, 0.717) is 0 Å². The smallest absolute Gasteiger partial charge is 0.247 e. The summed E-state index contributed by atoms with van der Waals surface area (Å²) in [5.41, 5.74) is 0.689. The van der Waals surface area contributed by atoms with Crippen molar-refractivity contribution in [1.29, 1.82) is 0 Å². The molecule has 3 rings (SSSR count). The Morgan fingerprint density at radius 2 is 1.73 bits per heavy atom. The molecule has 0 aromatic heterocycles. The summed E-state index contributed by atoms with van der Waals surface area (Å²) in [5.74, 6) is 1.25. The maximum atomic E-state index is 12.8. The number of carbonyl (C=O) groups is 2. The third kappa shape index (κ3) is 3.98. The lowest BCUT2D eigenvalue weighted by atomic mass is 9.92. The van der Waals surface area contributed by atoms with Gasteiger partial charge in [-0.1, -0.05) is 51.1 Å². The van der Waals surface area contributed by atoms with Crippen LogP contribution in [0.4, 0.5) is 0 Å². The Kier molecular flexibility index (Phi) is 5.47. The van der Waals surface area contributed by atoms with Crippen LogP contribution >= 0.6 is 11.8 Å². The molecule has 0 saturated carbocycles. The fraction of sp³-hybridized carbons (Fsp3) is 0.524. The molecule has 0 N–H and O–H groups in total. The van der Waals surface area contributed by atoms with Crippen LogP contribution < -0.4 is 0 Å². The molecule has 140 valence electrons. The normalized spacial score (nSPS) is 20.1. The third-order valence-corrected chi connectivity index (χ3v) is 6.69. The molecule has 0 aliphatic carbocycles. The first-order valence-corrected chi connectivity index (χ1v) is 10.3. The summed E-state index contributed by atoms with van der Waals surface area (Å²) < 4.78 is 0. The molecule has 2 saturated heterocycles. The van der Waals surface area contributed by atoms with Gasteiger partial charge in [-0.25, -0.2) is 0 Å². The van der Waals surface area contributed by atoms with Crippen LogP contribution in [0.15, 0.2) is 36.4 Å². The van der Waals surface area contributed by atoms with Gasteiger partial charge in [-0.15, -0.1) is 11.8 Å². The summed E-state index contributed by atoms with van der Waals surface area (Å²) in [5, 5.41) is 0. The van der Waals surface area contributed by atoms with E-state index in [4.69, 9.17) is 0 Å². The van der Waals surface area contributed by atoms with Gasteiger partial charge < -0.3 is 9.80 Å². The van der Waals surface area contributed by atoms with Gasteiger partial charge in [0.25, 0.3) is 0 Å². The van der Waals surface area contributed by atoms with E-state index in [1.165, 1.54) is 0 Å². The molecular formula is C21H28N2O2S. The fourth-order valence-corrected chi connectivity index (χ4v) is 5.15. The second-order valence-electron chi connectivity index (χ2n) is 8.07. The molecule has 5 heteroatoms. The number of likely N-dealkylation sites (tertiary alicyclic amines) is 1. The Balaban J connectivity index is 1.66. The summed E-state index contributed by atoms with van der Waals surface area (Å²) in [4.78, 5) is 29.2. The monoisotopic (exact) mass is 372 g/mol. The second kappa shape index (κ2) is 7.47. The SMILES string of the molecule is CC(C)(C)C(=O)N1CCC2(CC1)SCCN2C(=O)/C=C/c1ccccc1. The average molecular weight is 373 g/mol. The highest BCUT2D eigenvalue weighted by Gasteiger charge is 2.47. The van der Waals surface area contributed by atoms with Crippen molar-refractivity contribution in [3.05, 3.63) is 42.0 Å². The predicted octanol–water partition coefficient (Wildman–Crippen LogP) is 3.64. The van der Waals surface area contributed by atoms with E-state index in [1.807, 2.05) is 78.7 Å². The Morgan fingerprint density at radius 1 is 1.08 bits per heavy atom. The maximum Gasteiger partial charge on any atom is 0.247 e. The van der Waals surface area contributed by atoms with Crippen LogP contribution in [0.2, 0.25) is 0 Å². The minimum Gasteiger partial charge on any atom is -0.342 e. The van der Waals surface area contributed by atoms with Gasteiger partial charge in [-0.05, 0) is 24.5 Å². The maximum absolute atomic E-state index is 12.8. The number of carbonyl (C=O) groups excluding carboxylic acids is 2. The first kappa shape index (κ1) is 19.0. The highest BCUT2D eigenvalue weighted by atomic mass is 32.2. The molecule has 2 heterocycles. The van der Waals surface area contributed by atoms with Gasteiger partial charge in [0.1, 0.15) is 0 Å². The number of amides is 2. The standard InChI is InChI=1S/C21H28N2O2S/c1-20(2,3)19(25)22-13-11-21(12-14-22)23(15-16-26-21)18(24)10-9-17-7-5-4-6-8-17/h4-10H,11-16H2,1-3H3/b10-9+. The number of benzene rings is 1. The lowest BCUT2D eigenvalue weighted by Crippen LogP contribution is -2.54. The zero-order valence-corrected chi connectivity index (χ0v) is 16.7. The second-order valence-corrected chi connectivity index (χ2v) is 9.53. The van der Waals surface area contributed by atoms with Gasteiger partial charge in [-0.3, -0.25) is 9.59 Å². The zero-order valence-electron chi connectivity index (χ0n) is 15.9. The molecule has 0 radical (unpaired) electrons. The van der Waals surface area contributed by atoms with Gasteiger partial charge in [0, 0.05) is 36.9 Å². The zero-order chi connectivity index (χ0) is 18.8. The Labute approximate surface area is 160 Å². The Bertz CT molecular complexity index is 686. The van der Waals surface area contributed by atoms with E-state index in [1.54, 1.807) is 6.08 Å². The molecule has 2 fully saturated rings. The van der Waals surface area contributed by atoms with E-state index in [-0.39, 0.29) is 22.1 Å². The van der Waals surface area contributed by atoms with E-state index >= 15 is 0 Å². The number of hydrogen-bond donors (Lipinski definition) is 0. The predicted molar refractivity (Wildman–Crippen MR) is 108 cm³/mol. The molecule has 1 aromatic rings. The molecule has 1 aromatic carbocycles. The first-order chi connectivity index (χ1) is 12.3. The van der Waals surface area contributed by atoms with Crippen LogP contribution in [0, 0.1) is 5.41 Å². The van der Waals surface area contributed by atoms with Crippen molar-refractivity contribution in [3.8, 4) is 0 Å². The molecule has 0 atom stereocenters. The number of hydrogen-bond acceptors (Lipinski definition) is 3. The van der Waals surface area contributed by atoms with Crippen LogP contribution in [-0.4, -0.2) is 51.9 Å². The summed E-state index contributed by atoms with van der Waals surface area (Å²) in [6, 6.07) is 9.90. The van der Waals surface area contributed by atoms with E-state index in [0.717, 1.165) is 43.8 Å². The molecule has 26 heavy (non-hydrogen) atoms. The highest BCUT2D eigenvalue weighted by Crippen LogP contribution is 2.44. The van der Waals surface area contributed by atoms with E-state index in [2.05, 4.69) is 0 Å². The molecule has 0 bridgehead atoms.